The number of benzene rings is 1. The van der Waals surface area contributed by atoms with Crippen molar-refractivity contribution in [3.63, 3.8) is 0 Å². The van der Waals surface area contributed by atoms with Crippen molar-refractivity contribution in [2.45, 2.75) is 38.0 Å². The van der Waals surface area contributed by atoms with Crippen LogP contribution in [0.25, 0.3) is 0 Å². The lowest BCUT2D eigenvalue weighted by atomic mass is 9.70. The summed E-state index contributed by atoms with van der Waals surface area (Å²) in [5, 5.41) is 2.86. The summed E-state index contributed by atoms with van der Waals surface area (Å²) < 4.78 is 22.9. The predicted molar refractivity (Wildman–Crippen MR) is 78.5 cm³/mol. The zero-order valence-corrected chi connectivity index (χ0v) is 13.1. The maximum absolute atomic E-state index is 12.1. The molecule has 1 aromatic rings. The Labute approximate surface area is 123 Å². The molecule has 4 nitrogen and oxygen atoms in total. The van der Waals surface area contributed by atoms with Gasteiger partial charge in [0.15, 0.2) is 0 Å². The fourth-order valence-electron chi connectivity index (χ4n) is 2.36. The number of aryl methyl sites for hydroxylation is 1. The summed E-state index contributed by atoms with van der Waals surface area (Å²) in [7, 11) is 1.53. The monoisotopic (exact) mass is 315 g/mol. The summed E-state index contributed by atoms with van der Waals surface area (Å²) in [5.41, 5.74) is 1.03. The van der Waals surface area contributed by atoms with Crippen molar-refractivity contribution in [1.82, 2.24) is 5.32 Å². The SMILES string of the molecule is Cc1ccc(C(=O)NCC2(C)CCC2)cc1S(=O)(=O)Cl. The second-order valence-corrected chi connectivity index (χ2v) is 8.30. The summed E-state index contributed by atoms with van der Waals surface area (Å²) in [6.07, 6.45) is 3.43. The predicted octanol–water partition coefficient (Wildman–Crippen LogP) is 2.84. The van der Waals surface area contributed by atoms with E-state index in [4.69, 9.17) is 10.7 Å². The van der Waals surface area contributed by atoms with E-state index in [1.54, 1.807) is 19.1 Å². The normalized spacial score (nSPS) is 17.4. The molecule has 1 N–H and O–H groups in total. The van der Waals surface area contributed by atoms with E-state index in [0.717, 1.165) is 12.8 Å². The second-order valence-electron chi connectivity index (χ2n) is 5.77. The van der Waals surface area contributed by atoms with Gasteiger partial charge in [0.05, 0.1) is 4.90 Å². The molecule has 0 bridgehead atoms. The van der Waals surface area contributed by atoms with Gasteiger partial charge >= 0.3 is 0 Å². The van der Waals surface area contributed by atoms with Gasteiger partial charge in [0, 0.05) is 22.8 Å². The number of halogens is 1. The lowest BCUT2D eigenvalue weighted by Gasteiger charge is -2.38. The van der Waals surface area contributed by atoms with E-state index < -0.39 is 9.05 Å². The Hall–Kier alpha value is -1.07. The number of hydrogen-bond acceptors (Lipinski definition) is 3. The van der Waals surface area contributed by atoms with Gasteiger partial charge in [0.25, 0.3) is 15.0 Å². The van der Waals surface area contributed by atoms with Crippen molar-refractivity contribution in [2.24, 2.45) is 5.41 Å². The fraction of sp³-hybridized carbons (Fsp3) is 0.500. The topological polar surface area (TPSA) is 63.2 Å². The van der Waals surface area contributed by atoms with Crippen molar-refractivity contribution in [3.8, 4) is 0 Å². The average Bonchev–Trinajstić information content (AvgIpc) is 2.32. The summed E-state index contributed by atoms with van der Waals surface area (Å²) >= 11 is 0. The van der Waals surface area contributed by atoms with E-state index in [-0.39, 0.29) is 16.2 Å². The van der Waals surface area contributed by atoms with E-state index in [9.17, 15) is 13.2 Å². The van der Waals surface area contributed by atoms with Gasteiger partial charge in [-0.1, -0.05) is 19.4 Å². The molecule has 1 fully saturated rings. The molecule has 0 unspecified atom stereocenters. The number of carbonyl (C=O) groups is 1. The third-order valence-electron chi connectivity index (χ3n) is 3.95. The molecule has 0 saturated heterocycles. The van der Waals surface area contributed by atoms with Gasteiger partial charge in [-0.3, -0.25) is 4.79 Å². The van der Waals surface area contributed by atoms with Crippen LogP contribution in [0.3, 0.4) is 0 Å². The van der Waals surface area contributed by atoms with Crippen LogP contribution in [0, 0.1) is 12.3 Å². The van der Waals surface area contributed by atoms with Crippen LogP contribution in [0.4, 0.5) is 0 Å². The molecule has 0 radical (unpaired) electrons. The first-order valence-electron chi connectivity index (χ1n) is 6.55. The summed E-state index contributed by atoms with van der Waals surface area (Å²) in [6, 6.07) is 4.53. The molecule has 1 aliphatic carbocycles. The molecule has 0 aliphatic heterocycles. The van der Waals surface area contributed by atoms with Crippen molar-refractivity contribution in [3.05, 3.63) is 29.3 Å². The second kappa shape index (κ2) is 5.37. The lowest BCUT2D eigenvalue weighted by molar-refractivity contribution is 0.0890. The molecular formula is C14H18ClNO3S. The Morgan fingerprint density at radius 1 is 1.40 bits per heavy atom. The molecule has 0 aromatic heterocycles. The van der Waals surface area contributed by atoms with E-state index in [0.29, 0.717) is 17.7 Å². The minimum Gasteiger partial charge on any atom is -0.351 e. The summed E-state index contributed by atoms with van der Waals surface area (Å²) in [5.74, 6) is -0.264. The van der Waals surface area contributed by atoms with E-state index >= 15 is 0 Å². The third kappa shape index (κ3) is 3.33. The lowest BCUT2D eigenvalue weighted by Crippen LogP contribution is -2.39. The zero-order valence-electron chi connectivity index (χ0n) is 11.6. The summed E-state index contributed by atoms with van der Waals surface area (Å²) in [6.45, 7) is 4.40. The van der Waals surface area contributed by atoms with E-state index in [2.05, 4.69) is 12.2 Å². The Morgan fingerprint density at radius 3 is 2.55 bits per heavy atom. The zero-order chi connectivity index (χ0) is 15.0. The minimum atomic E-state index is -3.83. The van der Waals surface area contributed by atoms with Crippen LogP contribution < -0.4 is 5.32 Å². The first kappa shape index (κ1) is 15.3. The van der Waals surface area contributed by atoms with Gasteiger partial charge in [-0.15, -0.1) is 0 Å². The molecule has 0 spiro atoms. The Kier molecular flexibility index (Phi) is 4.12. The van der Waals surface area contributed by atoms with Crippen molar-refractivity contribution >= 4 is 25.6 Å². The van der Waals surface area contributed by atoms with Crippen molar-refractivity contribution < 1.29 is 13.2 Å². The number of hydrogen-bond donors (Lipinski definition) is 1. The van der Waals surface area contributed by atoms with Crippen LogP contribution in [0.2, 0.25) is 0 Å². The van der Waals surface area contributed by atoms with Crippen LogP contribution in [0.15, 0.2) is 23.1 Å². The standard InChI is InChI=1S/C14H18ClNO3S/c1-10-4-5-11(8-12(10)20(15,18)19)13(17)16-9-14(2)6-3-7-14/h4-5,8H,3,6-7,9H2,1-2H3,(H,16,17). The quantitative estimate of drug-likeness (QED) is 0.869. The van der Waals surface area contributed by atoms with Crippen molar-refractivity contribution in [2.75, 3.05) is 6.54 Å². The highest BCUT2D eigenvalue weighted by molar-refractivity contribution is 8.13. The maximum Gasteiger partial charge on any atom is 0.261 e. The van der Waals surface area contributed by atoms with Gasteiger partial charge in [-0.25, -0.2) is 8.42 Å². The molecule has 0 heterocycles. The van der Waals surface area contributed by atoms with Crippen LogP contribution >= 0.6 is 10.7 Å². The largest absolute Gasteiger partial charge is 0.351 e. The Balaban J connectivity index is 2.14. The van der Waals surface area contributed by atoms with Gasteiger partial charge in [0.2, 0.25) is 0 Å². The number of nitrogens with one attached hydrogen (secondary N) is 1. The molecule has 1 aliphatic rings. The molecule has 0 atom stereocenters. The third-order valence-corrected chi connectivity index (χ3v) is 5.41. The molecule has 1 aromatic carbocycles. The Bertz CT molecular complexity index is 636. The summed E-state index contributed by atoms with van der Waals surface area (Å²) in [4.78, 5) is 12.1. The molecular weight excluding hydrogens is 298 g/mol. The van der Waals surface area contributed by atoms with Crippen LogP contribution in [-0.2, 0) is 9.05 Å². The van der Waals surface area contributed by atoms with Gasteiger partial charge < -0.3 is 5.32 Å². The molecule has 110 valence electrons. The van der Waals surface area contributed by atoms with Crippen LogP contribution in [-0.4, -0.2) is 20.9 Å². The van der Waals surface area contributed by atoms with E-state index in [1.165, 1.54) is 12.5 Å². The van der Waals surface area contributed by atoms with Crippen LogP contribution in [0.1, 0.15) is 42.1 Å². The van der Waals surface area contributed by atoms with Gasteiger partial charge in [-0.05, 0) is 42.9 Å². The highest BCUT2D eigenvalue weighted by atomic mass is 35.7. The molecule has 1 saturated carbocycles. The number of amides is 1. The molecule has 1 amide bonds. The smallest absolute Gasteiger partial charge is 0.261 e. The van der Waals surface area contributed by atoms with Crippen molar-refractivity contribution in [1.29, 1.82) is 0 Å². The van der Waals surface area contributed by atoms with Crippen LogP contribution in [0.5, 0.6) is 0 Å². The first-order chi connectivity index (χ1) is 9.21. The molecule has 2 rings (SSSR count). The first-order valence-corrected chi connectivity index (χ1v) is 8.86. The maximum atomic E-state index is 12.1. The number of carbonyl (C=O) groups excluding carboxylic acids is 1. The molecule has 20 heavy (non-hydrogen) atoms. The highest BCUT2D eigenvalue weighted by Gasteiger charge is 2.32. The minimum absolute atomic E-state index is 0.0123. The highest BCUT2D eigenvalue weighted by Crippen LogP contribution is 2.39. The Morgan fingerprint density at radius 2 is 2.05 bits per heavy atom. The van der Waals surface area contributed by atoms with Gasteiger partial charge in [0.1, 0.15) is 0 Å². The van der Waals surface area contributed by atoms with E-state index in [1.807, 2.05) is 0 Å². The van der Waals surface area contributed by atoms with Gasteiger partial charge in [-0.2, -0.15) is 0 Å². The molecule has 6 heteroatoms. The number of rotatable bonds is 4. The average molecular weight is 316 g/mol. The fourth-order valence-corrected chi connectivity index (χ4v) is 3.58.